The predicted octanol–water partition coefficient (Wildman–Crippen LogP) is 31.0. The van der Waals surface area contributed by atoms with Gasteiger partial charge in [-0.3, -0.25) is 0 Å². The van der Waals surface area contributed by atoms with Gasteiger partial charge < -0.3 is 0 Å². The standard InChI is InChI=1S/2C8H14.9C8H16/c2*1-6-7-3-2-4-8(6)5-7;1-7-4-5-8(2,3)6-7;1-7-5-4-6-8(7,2)3;1-7-3-5-8(2)6-4-7;1-8(2)6-4-3-5-7-8;1-7(2)8-5-3-4-6-8;2*1-3-8(2)6-4-5-7-8;1-3-8-6-4-5-7(8)2;1-2-5-8-6-3-4-7-8/h2*6-8H,2-5H2,1H3;2*7H,4-6H2,1-3H3;7-8H,3-6H2,1-2H3;3-7H2,1-2H3;7-8H,3-6H2,1-2H3;2*3-7H2,1-2H3;7-8H,3-6H2,1-2H3;8H,2-7H2,1H3/t;;2*7-;;;;;;;/m..00......./s1. The molecule has 15 aliphatic carbocycles. The van der Waals surface area contributed by atoms with E-state index < -0.39 is 0 Å². The Bertz CT molecular complexity index is 1530. The van der Waals surface area contributed by atoms with E-state index in [1.165, 1.54) is 289 Å². The van der Waals surface area contributed by atoms with Crippen LogP contribution in [0.1, 0.15) is 447 Å². The topological polar surface area (TPSA) is 0 Å². The Kier molecular flexibility index (Phi) is 40.4. The highest BCUT2D eigenvalue weighted by Gasteiger charge is 2.41. The zero-order valence-electron chi connectivity index (χ0n) is 65.4. The lowest BCUT2D eigenvalue weighted by Crippen LogP contribution is -2.38. The first-order valence-corrected chi connectivity index (χ1v) is 41.6. The Morgan fingerprint density at radius 1 is 0.352 bits per heavy atom. The van der Waals surface area contributed by atoms with Crippen molar-refractivity contribution in [3.63, 3.8) is 0 Å². The Morgan fingerprint density at radius 3 is 0.977 bits per heavy atom. The van der Waals surface area contributed by atoms with Gasteiger partial charge in [0.2, 0.25) is 0 Å². The lowest BCUT2D eigenvalue weighted by Gasteiger charge is -2.47. The van der Waals surface area contributed by atoms with Crippen LogP contribution in [-0.2, 0) is 0 Å². The van der Waals surface area contributed by atoms with Crippen LogP contribution in [-0.4, -0.2) is 0 Å². The predicted molar refractivity (Wildman–Crippen MR) is 401 cm³/mol. The van der Waals surface area contributed by atoms with Crippen LogP contribution >= 0.6 is 0 Å². The van der Waals surface area contributed by atoms with Crippen molar-refractivity contribution in [2.75, 3.05) is 0 Å². The molecule has 0 heteroatoms. The summed E-state index contributed by atoms with van der Waals surface area (Å²) in [6.07, 6.45) is 69.6. The summed E-state index contributed by atoms with van der Waals surface area (Å²) in [5.41, 5.74) is 3.47. The molecule has 0 aromatic heterocycles. The molecule has 15 saturated carbocycles. The van der Waals surface area contributed by atoms with Crippen LogP contribution in [0.4, 0.5) is 0 Å². The van der Waals surface area contributed by atoms with Crippen molar-refractivity contribution in [3.05, 3.63) is 0 Å². The van der Waals surface area contributed by atoms with E-state index in [2.05, 4.69) is 145 Å². The second-order valence-electron chi connectivity index (χ2n) is 38.0. The van der Waals surface area contributed by atoms with Gasteiger partial charge in [-0.2, -0.15) is 0 Å². The summed E-state index contributed by atoms with van der Waals surface area (Å²) in [6, 6.07) is 0. The van der Waals surface area contributed by atoms with Crippen LogP contribution in [0.2, 0.25) is 0 Å². The molecule has 88 heavy (non-hydrogen) atoms. The molecule has 6 unspecified atom stereocenters. The summed E-state index contributed by atoms with van der Waals surface area (Å²) in [5.74, 6) is 16.0. The molecule has 8 atom stereocenters. The molecule has 524 valence electrons. The average molecular weight is 1230 g/mol. The SMILES string of the molecule is CC(C)C1CCCC1.CC1(C)CCCCC1.CC1C2CCCC1C2.CC1C2CCCC1C2.CC1CCC(C)CC1.CCC1(C)CCCC1.CCC1(C)CCCC1.CCC1CCCC1C.CCCC1CCCC1.C[C@H]1CCC(C)(C)C1.C[C@H]1CCCC1(C)C. The average Bonchev–Trinajstić information content (AvgIpc) is 3.73. The lowest BCUT2D eigenvalue weighted by atomic mass is 9.58. The van der Waals surface area contributed by atoms with E-state index in [4.69, 9.17) is 0 Å². The first-order chi connectivity index (χ1) is 41.6. The molecule has 15 rings (SSSR count). The Hall–Kier alpha value is 0. The van der Waals surface area contributed by atoms with Crippen LogP contribution in [0.5, 0.6) is 0 Å². The minimum absolute atomic E-state index is 0.653. The van der Waals surface area contributed by atoms with Gasteiger partial charge in [0, 0.05) is 0 Å². The second kappa shape index (κ2) is 43.2. The van der Waals surface area contributed by atoms with E-state index in [1.54, 1.807) is 12.8 Å². The maximum atomic E-state index is 2.43. The minimum Gasteiger partial charge on any atom is -0.0654 e. The van der Waals surface area contributed by atoms with Crippen LogP contribution in [0.3, 0.4) is 0 Å². The fourth-order valence-corrected chi connectivity index (χ4v) is 19.4. The highest BCUT2D eigenvalue weighted by Crippen LogP contribution is 2.51. The first kappa shape index (κ1) is 82.2. The summed E-state index contributed by atoms with van der Waals surface area (Å²) < 4.78 is 0. The zero-order chi connectivity index (χ0) is 65.4. The molecule has 0 spiro atoms. The van der Waals surface area contributed by atoms with Gasteiger partial charge in [0.15, 0.2) is 0 Å². The van der Waals surface area contributed by atoms with Gasteiger partial charge in [0.25, 0.3) is 0 Å². The zero-order valence-corrected chi connectivity index (χ0v) is 65.4. The highest BCUT2D eigenvalue weighted by atomic mass is 14.5. The van der Waals surface area contributed by atoms with Gasteiger partial charge >= 0.3 is 0 Å². The fraction of sp³-hybridized carbons (Fsp3) is 1.00. The van der Waals surface area contributed by atoms with E-state index in [-0.39, 0.29) is 0 Å². The van der Waals surface area contributed by atoms with Gasteiger partial charge in [-0.15, -0.1) is 0 Å². The molecule has 0 aromatic rings. The Labute approximate surface area is 559 Å². The third-order valence-corrected chi connectivity index (χ3v) is 28.4. The van der Waals surface area contributed by atoms with Crippen molar-refractivity contribution in [2.45, 2.75) is 447 Å². The first-order valence-electron chi connectivity index (χ1n) is 41.6. The molecule has 4 bridgehead atoms. The van der Waals surface area contributed by atoms with E-state index in [0.717, 1.165) is 99.6 Å². The quantitative estimate of drug-likeness (QED) is 0.249. The van der Waals surface area contributed by atoms with Crippen LogP contribution in [0, 0.1) is 116 Å². The van der Waals surface area contributed by atoms with E-state index >= 15 is 0 Å². The third kappa shape index (κ3) is 33.1. The lowest BCUT2D eigenvalue weighted by molar-refractivity contribution is 0.0284. The normalized spacial score (nSPS) is 34.6. The van der Waals surface area contributed by atoms with Crippen LogP contribution in [0.25, 0.3) is 0 Å². The number of hydrogen-bond acceptors (Lipinski definition) is 0. The molecule has 0 saturated heterocycles. The minimum atomic E-state index is 0.653. The molecule has 0 amide bonds. The summed E-state index contributed by atoms with van der Waals surface area (Å²) in [5, 5.41) is 0. The number of fused-ring (bicyclic) bond motifs is 4. The van der Waals surface area contributed by atoms with Crippen molar-refractivity contribution < 1.29 is 0 Å². The maximum Gasteiger partial charge on any atom is -0.0328 e. The van der Waals surface area contributed by atoms with Crippen molar-refractivity contribution in [2.24, 2.45) is 116 Å². The summed E-state index contributed by atoms with van der Waals surface area (Å²) >= 11 is 0. The number of rotatable bonds is 6. The molecule has 0 N–H and O–H groups in total. The summed E-state index contributed by atoms with van der Waals surface area (Å²) in [4.78, 5) is 0. The van der Waals surface area contributed by atoms with Crippen molar-refractivity contribution in [1.29, 1.82) is 0 Å². The molecule has 0 aromatic carbocycles. The number of hydrogen-bond donors (Lipinski definition) is 0. The van der Waals surface area contributed by atoms with Crippen LogP contribution < -0.4 is 0 Å². The molecule has 15 aliphatic rings. The molecule has 0 aliphatic heterocycles. The third-order valence-electron chi connectivity index (χ3n) is 28.4. The second-order valence-corrected chi connectivity index (χ2v) is 38.0. The largest absolute Gasteiger partial charge is 0.0654 e. The van der Waals surface area contributed by atoms with Gasteiger partial charge in [0.05, 0.1) is 0 Å². The molecular weight excluding hydrogens is 1060 g/mol. The summed E-state index contributed by atoms with van der Waals surface area (Å²) in [6.45, 7) is 49.7. The fourth-order valence-electron chi connectivity index (χ4n) is 19.4. The molecular formula is C88H172. The van der Waals surface area contributed by atoms with Crippen molar-refractivity contribution in [3.8, 4) is 0 Å². The molecule has 0 heterocycles. The van der Waals surface area contributed by atoms with Gasteiger partial charge in [-0.25, -0.2) is 0 Å². The molecule has 0 radical (unpaired) electrons. The van der Waals surface area contributed by atoms with E-state index in [1.807, 2.05) is 0 Å². The van der Waals surface area contributed by atoms with Gasteiger partial charge in [-0.1, -0.05) is 377 Å². The highest BCUT2D eigenvalue weighted by molar-refractivity contribution is 4.91. The Balaban J connectivity index is 0.000000253. The van der Waals surface area contributed by atoms with E-state index in [0.29, 0.717) is 16.2 Å². The van der Waals surface area contributed by atoms with E-state index in [9.17, 15) is 0 Å². The van der Waals surface area contributed by atoms with Gasteiger partial charge in [-0.05, 0) is 186 Å². The van der Waals surface area contributed by atoms with Crippen molar-refractivity contribution in [1.82, 2.24) is 0 Å². The molecule has 0 nitrogen and oxygen atoms in total. The van der Waals surface area contributed by atoms with Crippen molar-refractivity contribution >= 4 is 0 Å². The Morgan fingerprint density at radius 2 is 0.773 bits per heavy atom. The smallest absolute Gasteiger partial charge is 0.0328 e. The summed E-state index contributed by atoms with van der Waals surface area (Å²) in [7, 11) is 0. The maximum absolute atomic E-state index is 2.43. The van der Waals surface area contributed by atoms with Gasteiger partial charge in [0.1, 0.15) is 0 Å². The monoisotopic (exact) mass is 1230 g/mol. The van der Waals surface area contributed by atoms with Crippen LogP contribution in [0.15, 0.2) is 0 Å². The molecule has 15 fully saturated rings.